The molecule has 130 valence electrons. The van der Waals surface area contributed by atoms with Crippen LogP contribution in [-0.4, -0.2) is 5.71 Å². The summed E-state index contributed by atoms with van der Waals surface area (Å²) in [6.07, 6.45) is 1.71. The average Bonchev–Trinajstić information content (AvgIpc) is 3.09. The predicted octanol–water partition coefficient (Wildman–Crippen LogP) is 5.05. The van der Waals surface area contributed by atoms with Crippen LogP contribution in [0.1, 0.15) is 17.5 Å². The van der Waals surface area contributed by atoms with E-state index < -0.39 is 7.37 Å². The van der Waals surface area contributed by atoms with Crippen LogP contribution < -0.4 is 10.6 Å². The number of nitrogens with zero attached hydrogens (tertiary/aromatic N) is 1. The van der Waals surface area contributed by atoms with Crippen LogP contribution >= 0.6 is 23.3 Å². The van der Waals surface area contributed by atoms with Gasteiger partial charge in [-0.25, -0.2) is 0 Å². The van der Waals surface area contributed by atoms with Crippen LogP contribution in [0.5, 0.6) is 0 Å². The molecule has 0 unspecified atom stereocenters. The Morgan fingerprint density at radius 2 is 1.46 bits per heavy atom. The molecular weight excluding hydrogens is 409 g/mol. The van der Waals surface area contributed by atoms with Crippen molar-refractivity contribution in [3.63, 3.8) is 0 Å². The highest BCUT2D eigenvalue weighted by Crippen LogP contribution is 2.45. The maximum absolute atomic E-state index is 13.8. The van der Waals surface area contributed by atoms with E-state index >= 15 is 0 Å². The largest absolute Gasteiger partial charge is 0.330 e. The second-order valence-electron chi connectivity index (χ2n) is 6.14. The lowest BCUT2D eigenvalue weighted by molar-refractivity contribution is 0.348. The third kappa shape index (κ3) is 3.27. The fourth-order valence-corrected chi connectivity index (χ4v) is 5.31. The normalized spacial score (nSPS) is 15.0. The monoisotopic (exact) mass is 425 g/mol. The molecule has 5 heteroatoms. The summed E-state index contributed by atoms with van der Waals surface area (Å²) < 4.78 is 20.6. The molecule has 1 aliphatic rings. The van der Waals surface area contributed by atoms with Gasteiger partial charge in [0.1, 0.15) is 0 Å². The molecule has 0 heterocycles. The highest BCUT2D eigenvalue weighted by molar-refractivity contribution is 9.10. The molecule has 0 aromatic heterocycles. The van der Waals surface area contributed by atoms with Gasteiger partial charge in [-0.05, 0) is 54.8 Å². The van der Waals surface area contributed by atoms with Crippen LogP contribution in [0.25, 0.3) is 0 Å². The molecule has 0 fully saturated rings. The van der Waals surface area contributed by atoms with Crippen molar-refractivity contribution >= 4 is 39.6 Å². The fraction of sp³-hybridized carbons (Fsp3) is 0.0952. The number of hydrogen-bond donors (Lipinski definition) is 0. The Labute approximate surface area is 161 Å². The highest BCUT2D eigenvalue weighted by Gasteiger charge is 2.31. The second kappa shape index (κ2) is 7.22. The zero-order chi connectivity index (χ0) is 18.0. The van der Waals surface area contributed by atoms with Crippen LogP contribution in [0.2, 0.25) is 0 Å². The van der Waals surface area contributed by atoms with Gasteiger partial charge < -0.3 is 4.62 Å². The first kappa shape index (κ1) is 17.3. The van der Waals surface area contributed by atoms with E-state index in [9.17, 15) is 4.57 Å². The topological polar surface area (TPSA) is 38.7 Å². The zero-order valence-electron chi connectivity index (χ0n) is 14.0. The van der Waals surface area contributed by atoms with Crippen LogP contribution in [0.15, 0.2) is 88.5 Å². The van der Waals surface area contributed by atoms with Gasteiger partial charge in [-0.15, -0.1) is 0 Å². The van der Waals surface area contributed by atoms with Crippen molar-refractivity contribution < 1.29 is 9.19 Å². The first-order valence-corrected chi connectivity index (χ1v) is 10.8. The standard InChI is InChI=1S/C21H17BrNO2P/c22-17-13-11-16-12-14-21(20(16)15-17)23-25-26(24,18-7-3-1-4-8-18)19-9-5-2-6-10-19/h1-11,13,15H,12,14H2. The molecule has 4 rings (SSSR count). The van der Waals surface area contributed by atoms with Crippen molar-refractivity contribution in [3.8, 4) is 0 Å². The minimum Gasteiger partial charge on any atom is -0.330 e. The lowest BCUT2D eigenvalue weighted by Gasteiger charge is -2.17. The molecule has 0 amide bonds. The molecule has 3 nitrogen and oxygen atoms in total. The van der Waals surface area contributed by atoms with Gasteiger partial charge in [-0.1, -0.05) is 63.6 Å². The molecule has 3 aromatic carbocycles. The van der Waals surface area contributed by atoms with Gasteiger partial charge >= 0.3 is 7.37 Å². The van der Waals surface area contributed by atoms with E-state index in [1.807, 2.05) is 72.8 Å². The average molecular weight is 426 g/mol. The number of oxime groups is 1. The number of aryl methyl sites for hydroxylation is 1. The number of hydrogen-bond acceptors (Lipinski definition) is 3. The van der Waals surface area contributed by atoms with E-state index in [1.54, 1.807) is 0 Å². The number of benzene rings is 3. The van der Waals surface area contributed by atoms with Gasteiger partial charge in [0.2, 0.25) is 0 Å². The van der Waals surface area contributed by atoms with Crippen molar-refractivity contribution in [1.29, 1.82) is 0 Å². The second-order valence-corrected chi connectivity index (χ2v) is 9.36. The van der Waals surface area contributed by atoms with Gasteiger partial charge in [0.15, 0.2) is 0 Å². The zero-order valence-corrected chi connectivity index (χ0v) is 16.5. The van der Waals surface area contributed by atoms with E-state index in [0.29, 0.717) is 10.6 Å². The lowest BCUT2D eigenvalue weighted by atomic mass is 10.1. The van der Waals surface area contributed by atoms with E-state index in [1.165, 1.54) is 5.56 Å². The number of fused-ring (bicyclic) bond motifs is 1. The summed E-state index contributed by atoms with van der Waals surface area (Å²) in [6.45, 7) is 0. The molecule has 0 radical (unpaired) electrons. The van der Waals surface area contributed by atoms with Crippen LogP contribution in [-0.2, 0) is 15.6 Å². The lowest BCUT2D eigenvalue weighted by Crippen LogP contribution is -2.17. The van der Waals surface area contributed by atoms with Gasteiger partial charge in [-0.2, -0.15) is 0 Å². The smallest absolute Gasteiger partial charge is 0.330 e. The Morgan fingerprint density at radius 3 is 2.08 bits per heavy atom. The summed E-state index contributed by atoms with van der Waals surface area (Å²) in [6, 6.07) is 24.7. The molecule has 0 saturated heterocycles. The Morgan fingerprint density at radius 1 is 0.846 bits per heavy atom. The first-order valence-electron chi connectivity index (χ1n) is 8.42. The maximum atomic E-state index is 13.8. The highest BCUT2D eigenvalue weighted by atomic mass is 79.9. The summed E-state index contributed by atoms with van der Waals surface area (Å²) in [5, 5.41) is 5.65. The van der Waals surface area contributed by atoms with Crippen molar-refractivity contribution in [2.45, 2.75) is 12.8 Å². The maximum Gasteiger partial charge on any atom is 0.330 e. The van der Waals surface area contributed by atoms with Crippen LogP contribution in [0, 0.1) is 0 Å². The van der Waals surface area contributed by atoms with E-state index in [4.69, 9.17) is 4.62 Å². The molecule has 1 aliphatic carbocycles. The minimum absolute atomic E-state index is 0.642. The number of halogens is 1. The molecule has 3 aromatic rings. The van der Waals surface area contributed by atoms with Gasteiger partial charge in [0.25, 0.3) is 0 Å². The van der Waals surface area contributed by atoms with Gasteiger partial charge in [0, 0.05) is 10.0 Å². The summed E-state index contributed by atoms with van der Waals surface area (Å²) in [5.74, 6) is 0. The Balaban J connectivity index is 1.74. The van der Waals surface area contributed by atoms with Gasteiger partial charge in [-0.3, -0.25) is 4.57 Å². The van der Waals surface area contributed by atoms with E-state index in [-0.39, 0.29) is 0 Å². The molecular formula is C21H17BrNO2P. The summed E-state index contributed by atoms with van der Waals surface area (Å²) in [4.78, 5) is 0. The molecule has 0 bridgehead atoms. The molecule has 0 aliphatic heterocycles. The Hall–Kier alpha value is -2.16. The van der Waals surface area contributed by atoms with Gasteiger partial charge in [0.05, 0.1) is 16.3 Å². The molecule has 0 saturated carbocycles. The third-order valence-corrected chi connectivity index (χ3v) is 7.23. The minimum atomic E-state index is -3.30. The van der Waals surface area contributed by atoms with Crippen molar-refractivity contribution in [2.24, 2.45) is 5.16 Å². The van der Waals surface area contributed by atoms with Crippen LogP contribution in [0.4, 0.5) is 0 Å². The summed E-state index contributed by atoms with van der Waals surface area (Å²) >= 11 is 3.51. The Bertz CT molecular complexity index is 960. The molecule has 0 N–H and O–H groups in total. The summed E-state index contributed by atoms with van der Waals surface area (Å²) in [5.41, 5.74) is 3.14. The molecule has 26 heavy (non-hydrogen) atoms. The number of rotatable bonds is 4. The predicted molar refractivity (Wildman–Crippen MR) is 110 cm³/mol. The fourth-order valence-electron chi connectivity index (χ4n) is 3.12. The van der Waals surface area contributed by atoms with Crippen molar-refractivity contribution in [1.82, 2.24) is 0 Å². The SMILES string of the molecule is O=P(ON=C1CCc2ccc(Br)cc21)(c1ccccc1)c1ccccc1. The quantitative estimate of drug-likeness (QED) is 0.433. The van der Waals surface area contributed by atoms with Crippen molar-refractivity contribution in [2.75, 3.05) is 0 Å². The third-order valence-electron chi connectivity index (χ3n) is 4.47. The molecule has 0 spiro atoms. The Kier molecular flexibility index (Phi) is 4.80. The van der Waals surface area contributed by atoms with Crippen molar-refractivity contribution in [3.05, 3.63) is 94.5 Å². The van der Waals surface area contributed by atoms with Crippen LogP contribution in [0.3, 0.4) is 0 Å². The van der Waals surface area contributed by atoms with E-state index in [0.717, 1.165) is 28.6 Å². The molecule has 0 atom stereocenters. The summed E-state index contributed by atoms with van der Waals surface area (Å²) in [7, 11) is -3.30. The first-order chi connectivity index (χ1) is 12.7. The van der Waals surface area contributed by atoms with E-state index in [2.05, 4.69) is 27.2 Å².